The highest BCUT2D eigenvalue weighted by molar-refractivity contribution is 6.34. The number of ether oxygens (including phenoxy) is 1. The van der Waals surface area contributed by atoms with Gasteiger partial charge in [0.25, 0.3) is 5.91 Å². The maximum absolute atomic E-state index is 15.2. The molecule has 2 heterocycles. The lowest BCUT2D eigenvalue weighted by atomic mass is 10.0. The molecular formula is C27H29Cl2FN2O4. The molecule has 0 aromatic heterocycles. The number of likely N-dealkylation sites (tertiary alicyclic amines) is 2. The van der Waals surface area contributed by atoms with Crippen LogP contribution >= 0.6 is 23.2 Å². The SMILES string of the molecule is O=C(O)[C@@H]1CCCN1C(=O)c1cc(C2CC2)c(OC2CCN(Cc3cc(Cl)cc(Cl)c3)CC2)cc1F. The van der Waals surface area contributed by atoms with E-state index in [1.165, 1.54) is 11.0 Å². The molecule has 1 saturated carbocycles. The average molecular weight is 535 g/mol. The lowest BCUT2D eigenvalue weighted by Crippen LogP contribution is -2.40. The Morgan fingerprint density at radius 1 is 0.972 bits per heavy atom. The summed E-state index contributed by atoms with van der Waals surface area (Å²) in [7, 11) is 0. The van der Waals surface area contributed by atoms with Gasteiger partial charge in [0.15, 0.2) is 0 Å². The molecule has 36 heavy (non-hydrogen) atoms. The van der Waals surface area contributed by atoms with Crippen molar-refractivity contribution >= 4 is 35.1 Å². The molecule has 192 valence electrons. The minimum atomic E-state index is -1.05. The van der Waals surface area contributed by atoms with Gasteiger partial charge in [-0.3, -0.25) is 9.69 Å². The number of aliphatic carboxylic acids is 1. The Hall–Kier alpha value is -2.35. The Morgan fingerprint density at radius 2 is 1.67 bits per heavy atom. The van der Waals surface area contributed by atoms with Crippen molar-refractivity contribution in [3.8, 4) is 5.75 Å². The molecule has 1 N–H and O–H groups in total. The summed E-state index contributed by atoms with van der Waals surface area (Å²) in [6.45, 7) is 2.74. The van der Waals surface area contributed by atoms with Crippen molar-refractivity contribution in [3.63, 3.8) is 0 Å². The fourth-order valence-corrected chi connectivity index (χ4v) is 5.87. The van der Waals surface area contributed by atoms with Crippen LogP contribution < -0.4 is 4.74 Å². The van der Waals surface area contributed by atoms with Gasteiger partial charge in [-0.1, -0.05) is 23.2 Å². The van der Waals surface area contributed by atoms with Crippen molar-refractivity contribution in [3.05, 3.63) is 62.9 Å². The van der Waals surface area contributed by atoms with E-state index in [9.17, 15) is 14.7 Å². The number of carboxylic acids is 1. The maximum Gasteiger partial charge on any atom is 0.326 e. The van der Waals surface area contributed by atoms with Crippen LogP contribution in [0.15, 0.2) is 30.3 Å². The second-order valence-electron chi connectivity index (χ2n) is 10.0. The van der Waals surface area contributed by atoms with Gasteiger partial charge in [-0.2, -0.15) is 0 Å². The van der Waals surface area contributed by atoms with Gasteiger partial charge in [-0.25, -0.2) is 9.18 Å². The molecule has 2 aromatic carbocycles. The van der Waals surface area contributed by atoms with E-state index < -0.39 is 23.7 Å². The van der Waals surface area contributed by atoms with Crippen molar-refractivity contribution in [2.45, 2.75) is 63.1 Å². The number of carbonyl (C=O) groups excluding carboxylic acids is 1. The lowest BCUT2D eigenvalue weighted by molar-refractivity contribution is -0.141. The Kier molecular flexibility index (Phi) is 7.42. The summed E-state index contributed by atoms with van der Waals surface area (Å²) >= 11 is 12.2. The topological polar surface area (TPSA) is 70.1 Å². The highest BCUT2D eigenvalue weighted by Gasteiger charge is 2.37. The molecule has 2 aromatic rings. The molecule has 5 rings (SSSR count). The molecule has 0 spiro atoms. The molecule has 0 radical (unpaired) electrons. The molecule has 3 aliphatic rings. The van der Waals surface area contributed by atoms with E-state index in [1.54, 1.807) is 12.1 Å². The van der Waals surface area contributed by atoms with Crippen LogP contribution in [0, 0.1) is 5.82 Å². The Morgan fingerprint density at radius 3 is 2.31 bits per heavy atom. The predicted octanol–water partition coefficient (Wildman–Crippen LogP) is 5.74. The molecule has 3 fully saturated rings. The van der Waals surface area contributed by atoms with E-state index in [1.807, 2.05) is 12.1 Å². The van der Waals surface area contributed by atoms with Gasteiger partial charge in [0.05, 0.1) is 5.56 Å². The van der Waals surface area contributed by atoms with Crippen LogP contribution in [-0.4, -0.2) is 58.6 Å². The van der Waals surface area contributed by atoms with Crippen LogP contribution in [0.5, 0.6) is 5.75 Å². The highest BCUT2D eigenvalue weighted by Crippen LogP contribution is 2.46. The first-order valence-corrected chi connectivity index (χ1v) is 13.3. The number of carboxylic acid groups (broad SMARTS) is 1. The Bertz CT molecular complexity index is 1140. The largest absolute Gasteiger partial charge is 0.490 e. The average Bonchev–Trinajstić information content (AvgIpc) is 3.54. The molecule has 6 nitrogen and oxygen atoms in total. The van der Waals surface area contributed by atoms with Crippen molar-refractivity contribution < 1.29 is 23.8 Å². The third-order valence-corrected chi connectivity index (χ3v) is 7.74. The molecule has 2 aliphatic heterocycles. The van der Waals surface area contributed by atoms with Crippen molar-refractivity contribution in [1.82, 2.24) is 9.80 Å². The summed E-state index contributed by atoms with van der Waals surface area (Å²) < 4.78 is 21.5. The lowest BCUT2D eigenvalue weighted by Gasteiger charge is -2.32. The number of carbonyl (C=O) groups is 2. The molecule has 0 bridgehead atoms. The number of halogens is 3. The zero-order valence-corrected chi connectivity index (χ0v) is 21.4. The van der Waals surface area contributed by atoms with E-state index in [0.29, 0.717) is 35.2 Å². The molecule has 1 atom stereocenters. The summed E-state index contributed by atoms with van der Waals surface area (Å²) in [5.41, 5.74) is 1.85. The molecule has 0 unspecified atom stereocenters. The van der Waals surface area contributed by atoms with Gasteiger partial charge in [0, 0.05) is 42.3 Å². The van der Waals surface area contributed by atoms with Gasteiger partial charge >= 0.3 is 5.97 Å². The summed E-state index contributed by atoms with van der Waals surface area (Å²) in [4.78, 5) is 28.2. The number of hydrogen-bond acceptors (Lipinski definition) is 4. The third-order valence-electron chi connectivity index (χ3n) is 7.30. The van der Waals surface area contributed by atoms with Crippen LogP contribution in [0.25, 0.3) is 0 Å². The third kappa shape index (κ3) is 5.63. The summed E-state index contributed by atoms with van der Waals surface area (Å²) in [5, 5.41) is 10.7. The first kappa shape index (κ1) is 25.3. The van der Waals surface area contributed by atoms with E-state index in [0.717, 1.165) is 56.4 Å². The number of rotatable bonds is 7. The number of piperidine rings is 1. The van der Waals surface area contributed by atoms with Crippen LogP contribution in [0.3, 0.4) is 0 Å². The van der Waals surface area contributed by atoms with E-state index in [4.69, 9.17) is 27.9 Å². The second-order valence-corrected chi connectivity index (χ2v) is 10.9. The fraction of sp³-hybridized carbons (Fsp3) is 0.481. The number of nitrogens with zero attached hydrogens (tertiary/aromatic N) is 2. The smallest absolute Gasteiger partial charge is 0.326 e. The van der Waals surface area contributed by atoms with Gasteiger partial charge in [-0.05, 0) is 79.8 Å². The summed E-state index contributed by atoms with van der Waals surface area (Å²) in [6, 6.07) is 7.59. The fourth-order valence-electron chi connectivity index (χ4n) is 5.30. The minimum Gasteiger partial charge on any atom is -0.490 e. The minimum absolute atomic E-state index is 0.0439. The zero-order valence-electron chi connectivity index (χ0n) is 19.9. The van der Waals surface area contributed by atoms with E-state index in [-0.39, 0.29) is 17.6 Å². The van der Waals surface area contributed by atoms with Crippen molar-refractivity contribution in [2.75, 3.05) is 19.6 Å². The number of amides is 1. The van der Waals surface area contributed by atoms with Crippen LogP contribution in [0.4, 0.5) is 4.39 Å². The first-order chi connectivity index (χ1) is 17.3. The van der Waals surface area contributed by atoms with Crippen LogP contribution in [0.2, 0.25) is 10.0 Å². The zero-order chi connectivity index (χ0) is 25.4. The molecule has 1 amide bonds. The normalized spacial score (nSPS) is 21.1. The monoisotopic (exact) mass is 534 g/mol. The molecular weight excluding hydrogens is 506 g/mol. The van der Waals surface area contributed by atoms with E-state index >= 15 is 4.39 Å². The van der Waals surface area contributed by atoms with Crippen molar-refractivity contribution in [2.24, 2.45) is 0 Å². The molecule has 9 heteroatoms. The standard InChI is InChI=1S/C27H29Cl2FN2O4/c28-18-10-16(11-19(29)12-18)15-31-8-5-20(6-9-31)36-25-14-23(30)22(13-21(25)17-3-4-17)26(33)32-7-1-2-24(32)27(34)35/h10-14,17,20,24H,1-9,15H2,(H,34,35)/t24-/m0/s1. The molecule has 2 saturated heterocycles. The number of benzene rings is 2. The molecule has 1 aliphatic carbocycles. The first-order valence-electron chi connectivity index (χ1n) is 12.5. The van der Waals surface area contributed by atoms with Gasteiger partial charge in [-0.15, -0.1) is 0 Å². The maximum atomic E-state index is 15.2. The highest BCUT2D eigenvalue weighted by atomic mass is 35.5. The van der Waals surface area contributed by atoms with Crippen LogP contribution in [0.1, 0.15) is 65.9 Å². The van der Waals surface area contributed by atoms with Gasteiger partial charge < -0.3 is 14.7 Å². The van der Waals surface area contributed by atoms with Crippen molar-refractivity contribution in [1.29, 1.82) is 0 Å². The summed E-state index contributed by atoms with van der Waals surface area (Å²) in [5.74, 6) is -1.52. The second kappa shape index (κ2) is 10.6. The summed E-state index contributed by atoms with van der Waals surface area (Å²) in [6.07, 6.45) is 4.49. The van der Waals surface area contributed by atoms with Crippen LogP contribution in [-0.2, 0) is 11.3 Å². The van der Waals surface area contributed by atoms with E-state index in [2.05, 4.69) is 4.90 Å². The quantitative estimate of drug-likeness (QED) is 0.490. The van der Waals surface area contributed by atoms with Gasteiger partial charge in [0.1, 0.15) is 23.7 Å². The number of hydrogen-bond donors (Lipinski definition) is 1. The Balaban J connectivity index is 1.26. The predicted molar refractivity (Wildman–Crippen MR) is 135 cm³/mol. The van der Waals surface area contributed by atoms with Gasteiger partial charge in [0.2, 0.25) is 0 Å². The Labute approximate surface area is 219 Å².